The molecule has 2 heterocycles. The molecule has 0 aromatic carbocycles. The Labute approximate surface area is 147 Å². The Hall–Kier alpha value is -2.70. The van der Waals surface area contributed by atoms with Crippen LogP contribution in [0.25, 0.3) is 0 Å². The summed E-state index contributed by atoms with van der Waals surface area (Å²) in [4.78, 5) is 28.0. The lowest BCUT2D eigenvalue weighted by molar-refractivity contribution is -0.120. The third kappa shape index (κ3) is 5.14. The molecule has 0 fully saturated rings. The molecule has 0 saturated carbocycles. The SMILES string of the molecule is Cc1nn(C(C)C)c(C)c1CC(=O)NCCC(=O)Nc1ccccn1. The van der Waals surface area contributed by atoms with Crippen LogP contribution in [-0.2, 0) is 16.0 Å². The molecule has 2 aromatic heterocycles. The van der Waals surface area contributed by atoms with Gasteiger partial charge in [0, 0.05) is 36.5 Å². The number of hydrogen-bond donors (Lipinski definition) is 2. The predicted octanol–water partition coefficient (Wildman–Crippen LogP) is 2.16. The Morgan fingerprint density at radius 1 is 1.20 bits per heavy atom. The first-order chi connectivity index (χ1) is 11.9. The second-order valence-corrected chi connectivity index (χ2v) is 6.23. The van der Waals surface area contributed by atoms with Crippen LogP contribution in [-0.4, -0.2) is 33.1 Å². The molecule has 0 bridgehead atoms. The van der Waals surface area contributed by atoms with Crippen molar-refractivity contribution in [1.82, 2.24) is 20.1 Å². The number of nitrogens with zero attached hydrogens (tertiary/aromatic N) is 3. The van der Waals surface area contributed by atoms with Gasteiger partial charge in [-0.05, 0) is 39.8 Å². The maximum atomic E-state index is 12.1. The second-order valence-electron chi connectivity index (χ2n) is 6.23. The van der Waals surface area contributed by atoms with E-state index in [-0.39, 0.29) is 37.2 Å². The third-order valence-electron chi connectivity index (χ3n) is 3.91. The van der Waals surface area contributed by atoms with Crippen molar-refractivity contribution in [3.63, 3.8) is 0 Å². The quantitative estimate of drug-likeness (QED) is 0.806. The molecule has 0 atom stereocenters. The zero-order chi connectivity index (χ0) is 18.4. The topological polar surface area (TPSA) is 88.9 Å². The van der Waals surface area contributed by atoms with Gasteiger partial charge in [-0.2, -0.15) is 5.10 Å². The second kappa shape index (κ2) is 8.41. The number of aryl methyl sites for hydroxylation is 1. The van der Waals surface area contributed by atoms with Crippen molar-refractivity contribution in [2.24, 2.45) is 0 Å². The maximum absolute atomic E-state index is 12.1. The van der Waals surface area contributed by atoms with Crippen LogP contribution in [0.2, 0.25) is 0 Å². The Kier molecular flexibility index (Phi) is 6.27. The first kappa shape index (κ1) is 18.6. The van der Waals surface area contributed by atoms with Crippen LogP contribution in [0.1, 0.15) is 43.3 Å². The summed E-state index contributed by atoms with van der Waals surface area (Å²) in [6.07, 6.45) is 2.08. The number of carbonyl (C=O) groups excluding carboxylic acids is 2. The number of amides is 2. The molecule has 2 aromatic rings. The van der Waals surface area contributed by atoms with Gasteiger partial charge in [0.15, 0.2) is 0 Å². The van der Waals surface area contributed by atoms with E-state index in [1.165, 1.54) is 0 Å². The van der Waals surface area contributed by atoms with Gasteiger partial charge in [0.1, 0.15) is 5.82 Å². The number of rotatable bonds is 7. The number of hydrogen-bond acceptors (Lipinski definition) is 4. The molecule has 0 aliphatic heterocycles. The van der Waals surface area contributed by atoms with E-state index in [0.29, 0.717) is 5.82 Å². The van der Waals surface area contributed by atoms with Gasteiger partial charge in [0.25, 0.3) is 0 Å². The highest BCUT2D eigenvalue weighted by Crippen LogP contribution is 2.17. The average molecular weight is 343 g/mol. The molecule has 2 rings (SSSR count). The van der Waals surface area contributed by atoms with E-state index in [9.17, 15) is 9.59 Å². The van der Waals surface area contributed by atoms with Crippen molar-refractivity contribution in [2.45, 2.75) is 46.6 Å². The molecule has 134 valence electrons. The summed E-state index contributed by atoms with van der Waals surface area (Å²) in [6.45, 7) is 8.29. The molecule has 2 N–H and O–H groups in total. The van der Waals surface area contributed by atoms with E-state index in [0.717, 1.165) is 17.0 Å². The number of pyridine rings is 1. The van der Waals surface area contributed by atoms with Gasteiger partial charge in [-0.25, -0.2) is 4.98 Å². The van der Waals surface area contributed by atoms with E-state index in [2.05, 4.69) is 34.6 Å². The van der Waals surface area contributed by atoms with Crippen molar-refractivity contribution in [1.29, 1.82) is 0 Å². The number of anilines is 1. The van der Waals surface area contributed by atoms with Crippen molar-refractivity contribution < 1.29 is 9.59 Å². The van der Waals surface area contributed by atoms with Crippen molar-refractivity contribution >= 4 is 17.6 Å². The Bertz CT molecular complexity index is 737. The molecule has 0 saturated heterocycles. The molecule has 0 aliphatic carbocycles. The van der Waals surface area contributed by atoms with E-state index < -0.39 is 0 Å². The van der Waals surface area contributed by atoms with E-state index in [1.54, 1.807) is 24.4 Å². The molecule has 2 amide bonds. The van der Waals surface area contributed by atoms with Gasteiger partial charge in [0.2, 0.25) is 11.8 Å². The lowest BCUT2D eigenvalue weighted by Gasteiger charge is -2.09. The van der Waals surface area contributed by atoms with Crippen molar-refractivity contribution in [3.8, 4) is 0 Å². The zero-order valence-electron chi connectivity index (χ0n) is 15.2. The Morgan fingerprint density at radius 2 is 1.96 bits per heavy atom. The summed E-state index contributed by atoms with van der Waals surface area (Å²) in [5.74, 6) is 0.213. The predicted molar refractivity (Wildman–Crippen MR) is 96.3 cm³/mol. The number of nitrogens with one attached hydrogen (secondary N) is 2. The van der Waals surface area contributed by atoms with Gasteiger partial charge in [0.05, 0.1) is 12.1 Å². The molecule has 0 spiro atoms. The highest BCUT2D eigenvalue weighted by atomic mass is 16.2. The normalized spacial score (nSPS) is 10.8. The summed E-state index contributed by atoms with van der Waals surface area (Å²) < 4.78 is 1.93. The van der Waals surface area contributed by atoms with Crippen LogP contribution in [0.3, 0.4) is 0 Å². The summed E-state index contributed by atoms with van der Waals surface area (Å²) >= 11 is 0. The van der Waals surface area contributed by atoms with E-state index in [4.69, 9.17) is 0 Å². The first-order valence-corrected chi connectivity index (χ1v) is 8.40. The minimum absolute atomic E-state index is 0.111. The highest BCUT2D eigenvalue weighted by molar-refractivity contribution is 5.90. The van der Waals surface area contributed by atoms with E-state index >= 15 is 0 Å². The molecule has 7 heteroatoms. The lowest BCUT2D eigenvalue weighted by atomic mass is 10.1. The monoisotopic (exact) mass is 343 g/mol. The smallest absolute Gasteiger partial charge is 0.227 e. The number of carbonyl (C=O) groups is 2. The fourth-order valence-electron chi connectivity index (χ4n) is 2.64. The fraction of sp³-hybridized carbons (Fsp3) is 0.444. The summed E-state index contributed by atoms with van der Waals surface area (Å²) in [7, 11) is 0. The van der Waals surface area contributed by atoms with Gasteiger partial charge in [-0.3, -0.25) is 14.3 Å². The first-order valence-electron chi connectivity index (χ1n) is 8.40. The van der Waals surface area contributed by atoms with Crippen LogP contribution < -0.4 is 10.6 Å². The maximum Gasteiger partial charge on any atom is 0.227 e. The largest absolute Gasteiger partial charge is 0.355 e. The molecule has 0 unspecified atom stereocenters. The summed E-state index contributed by atoms with van der Waals surface area (Å²) in [5, 5.41) is 9.95. The van der Waals surface area contributed by atoms with Gasteiger partial charge in [-0.15, -0.1) is 0 Å². The van der Waals surface area contributed by atoms with Gasteiger partial charge in [-0.1, -0.05) is 6.07 Å². The van der Waals surface area contributed by atoms with Gasteiger partial charge >= 0.3 is 0 Å². The molecule has 0 radical (unpaired) electrons. The van der Waals surface area contributed by atoms with Crippen LogP contribution >= 0.6 is 0 Å². The lowest BCUT2D eigenvalue weighted by Crippen LogP contribution is -2.29. The summed E-state index contributed by atoms with van der Waals surface area (Å²) in [5.41, 5.74) is 2.83. The highest BCUT2D eigenvalue weighted by Gasteiger charge is 2.16. The third-order valence-corrected chi connectivity index (χ3v) is 3.91. The standard InChI is InChI=1S/C18H25N5O2/c1-12(2)23-14(4)15(13(3)22-23)11-18(25)20-10-8-17(24)21-16-7-5-6-9-19-16/h5-7,9,12H,8,10-11H2,1-4H3,(H,20,25)(H,19,21,24). The molecule has 7 nitrogen and oxygen atoms in total. The van der Waals surface area contributed by atoms with Crippen LogP contribution in [0.15, 0.2) is 24.4 Å². The Balaban J connectivity index is 1.80. The van der Waals surface area contributed by atoms with Crippen molar-refractivity contribution in [3.05, 3.63) is 41.3 Å². The average Bonchev–Trinajstić information content (AvgIpc) is 2.84. The van der Waals surface area contributed by atoms with Crippen LogP contribution in [0.4, 0.5) is 5.82 Å². The summed E-state index contributed by atoms with van der Waals surface area (Å²) in [6, 6.07) is 5.55. The molecule has 25 heavy (non-hydrogen) atoms. The van der Waals surface area contributed by atoms with E-state index in [1.807, 2.05) is 18.5 Å². The minimum Gasteiger partial charge on any atom is -0.355 e. The minimum atomic E-state index is -0.181. The van der Waals surface area contributed by atoms with Gasteiger partial charge < -0.3 is 10.6 Å². The molecular weight excluding hydrogens is 318 g/mol. The molecular formula is C18H25N5O2. The van der Waals surface area contributed by atoms with Crippen LogP contribution in [0, 0.1) is 13.8 Å². The van der Waals surface area contributed by atoms with Crippen molar-refractivity contribution in [2.75, 3.05) is 11.9 Å². The van der Waals surface area contributed by atoms with Crippen LogP contribution in [0.5, 0.6) is 0 Å². The number of aromatic nitrogens is 3. The zero-order valence-corrected chi connectivity index (χ0v) is 15.2. The fourth-order valence-corrected chi connectivity index (χ4v) is 2.64. The Morgan fingerprint density at radius 3 is 2.56 bits per heavy atom. The molecule has 0 aliphatic rings.